The molecule has 1 aliphatic carbocycles. The number of nitrogens with one attached hydrogen (secondary N) is 1. The van der Waals surface area contributed by atoms with Crippen LogP contribution in [0, 0.1) is 6.92 Å². The first-order chi connectivity index (χ1) is 8.75. The summed E-state index contributed by atoms with van der Waals surface area (Å²) in [4.78, 5) is 4.46. The summed E-state index contributed by atoms with van der Waals surface area (Å²) in [6.45, 7) is 2.06. The Balaban J connectivity index is 2.09. The normalized spacial score (nSPS) is 16.3. The van der Waals surface area contributed by atoms with E-state index in [1.54, 1.807) is 0 Å². The molecule has 2 aromatic rings. The van der Waals surface area contributed by atoms with Crippen molar-refractivity contribution >= 4 is 28.2 Å². The van der Waals surface area contributed by atoms with E-state index < -0.39 is 0 Å². The van der Waals surface area contributed by atoms with Crippen molar-refractivity contribution in [2.24, 2.45) is 0 Å². The van der Waals surface area contributed by atoms with Crippen LogP contribution in [-0.4, -0.2) is 11.0 Å². The molecular weight excluding hydrogens is 244 g/mol. The van der Waals surface area contributed by atoms with Crippen LogP contribution in [0.25, 0.3) is 10.9 Å². The summed E-state index contributed by atoms with van der Waals surface area (Å²) in [5.41, 5.74) is 3.23. The number of hydrogen-bond acceptors (Lipinski definition) is 2. The van der Waals surface area contributed by atoms with Crippen molar-refractivity contribution in [3.63, 3.8) is 0 Å². The van der Waals surface area contributed by atoms with E-state index in [-0.39, 0.29) is 0 Å². The molecule has 1 heterocycles. The molecule has 94 valence electrons. The second-order valence-electron chi connectivity index (χ2n) is 5.08. The molecule has 3 rings (SSSR count). The van der Waals surface area contributed by atoms with Gasteiger partial charge in [-0.05, 0) is 43.5 Å². The van der Waals surface area contributed by atoms with E-state index in [1.165, 1.54) is 25.7 Å². The van der Waals surface area contributed by atoms with E-state index in [9.17, 15) is 0 Å². The fraction of sp³-hybridized carbons (Fsp3) is 0.400. The number of halogens is 1. The Morgan fingerprint density at radius 2 is 2.11 bits per heavy atom. The van der Waals surface area contributed by atoms with Gasteiger partial charge in [-0.2, -0.15) is 0 Å². The molecule has 0 amide bonds. The molecule has 0 atom stereocenters. The summed E-state index contributed by atoms with van der Waals surface area (Å²) in [5.74, 6) is 0. The predicted molar refractivity (Wildman–Crippen MR) is 77.4 cm³/mol. The molecule has 1 fully saturated rings. The number of anilines is 1. The maximum atomic E-state index is 6.40. The Kier molecular flexibility index (Phi) is 3.13. The molecule has 18 heavy (non-hydrogen) atoms. The molecule has 0 radical (unpaired) electrons. The molecule has 0 bridgehead atoms. The van der Waals surface area contributed by atoms with E-state index in [2.05, 4.69) is 23.3 Å². The van der Waals surface area contributed by atoms with Gasteiger partial charge in [0.2, 0.25) is 0 Å². The lowest BCUT2D eigenvalue weighted by Gasteiger charge is -2.17. The monoisotopic (exact) mass is 260 g/mol. The second kappa shape index (κ2) is 4.77. The molecule has 1 aliphatic rings. The topological polar surface area (TPSA) is 24.9 Å². The summed E-state index contributed by atoms with van der Waals surface area (Å²) >= 11 is 6.40. The number of aryl methyl sites for hydroxylation is 1. The maximum absolute atomic E-state index is 6.40. The highest BCUT2D eigenvalue weighted by Gasteiger charge is 2.17. The van der Waals surface area contributed by atoms with Crippen molar-refractivity contribution in [3.05, 3.63) is 35.0 Å². The van der Waals surface area contributed by atoms with E-state index in [0.29, 0.717) is 6.04 Å². The first-order valence-electron chi connectivity index (χ1n) is 6.56. The molecule has 0 spiro atoms. The number of rotatable bonds is 2. The smallest absolute Gasteiger partial charge is 0.0752 e. The molecular formula is C15H17ClN2. The van der Waals surface area contributed by atoms with E-state index in [0.717, 1.165) is 27.2 Å². The number of nitrogens with zero attached hydrogens (tertiary/aromatic N) is 1. The molecule has 0 unspecified atom stereocenters. The van der Waals surface area contributed by atoms with Gasteiger partial charge in [0, 0.05) is 17.6 Å². The Bertz CT molecular complexity index is 574. The van der Waals surface area contributed by atoms with E-state index in [1.807, 2.05) is 18.3 Å². The van der Waals surface area contributed by atoms with E-state index in [4.69, 9.17) is 11.6 Å². The van der Waals surface area contributed by atoms with Crippen molar-refractivity contribution < 1.29 is 0 Å². The van der Waals surface area contributed by atoms with Crippen molar-refractivity contribution in [1.82, 2.24) is 4.98 Å². The van der Waals surface area contributed by atoms with Crippen molar-refractivity contribution in [2.45, 2.75) is 38.6 Å². The van der Waals surface area contributed by atoms with Gasteiger partial charge in [-0.15, -0.1) is 0 Å². The predicted octanol–water partition coefficient (Wildman–Crippen LogP) is 4.55. The number of benzene rings is 1. The van der Waals surface area contributed by atoms with Crippen LogP contribution < -0.4 is 5.32 Å². The lowest BCUT2D eigenvalue weighted by atomic mass is 10.1. The standard InChI is InChI=1S/C15H17ClN2/c1-10-9-13(16)15(18-11-5-2-3-6-11)12-7-4-8-17-14(10)12/h4,7-9,11,18H,2-3,5-6H2,1H3. The summed E-state index contributed by atoms with van der Waals surface area (Å²) in [5, 5.41) is 5.55. The van der Waals surface area contributed by atoms with Crippen LogP contribution in [0.1, 0.15) is 31.2 Å². The van der Waals surface area contributed by atoms with Gasteiger partial charge in [0.1, 0.15) is 0 Å². The Morgan fingerprint density at radius 3 is 2.89 bits per heavy atom. The number of hydrogen-bond donors (Lipinski definition) is 1. The third-order valence-electron chi connectivity index (χ3n) is 3.74. The minimum atomic E-state index is 0.564. The van der Waals surface area contributed by atoms with Gasteiger partial charge in [0.25, 0.3) is 0 Å². The van der Waals surface area contributed by atoms with Crippen LogP contribution in [0.5, 0.6) is 0 Å². The quantitative estimate of drug-likeness (QED) is 0.857. The SMILES string of the molecule is Cc1cc(Cl)c(NC2CCCC2)c2cccnc12. The Hall–Kier alpha value is -1.28. The minimum Gasteiger partial charge on any atom is -0.381 e. The molecule has 1 aromatic heterocycles. The van der Waals surface area contributed by atoms with Crippen molar-refractivity contribution in [1.29, 1.82) is 0 Å². The van der Waals surface area contributed by atoms with Gasteiger partial charge in [0.15, 0.2) is 0 Å². The van der Waals surface area contributed by atoms with Gasteiger partial charge < -0.3 is 5.32 Å². The third kappa shape index (κ3) is 2.05. The minimum absolute atomic E-state index is 0.564. The van der Waals surface area contributed by atoms with Gasteiger partial charge in [0.05, 0.1) is 16.2 Å². The number of pyridine rings is 1. The fourth-order valence-corrected chi connectivity index (χ4v) is 3.12. The lowest BCUT2D eigenvalue weighted by molar-refractivity contribution is 0.756. The zero-order valence-corrected chi connectivity index (χ0v) is 11.3. The number of fused-ring (bicyclic) bond motifs is 1. The Morgan fingerprint density at radius 1 is 1.33 bits per heavy atom. The lowest BCUT2D eigenvalue weighted by Crippen LogP contribution is -2.15. The molecule has 2 nitrogen and oxygen atoms in total. The largest absolute Gasteiger partial charge is 0.381 e. The van der Waals surface area contributed by atoms with Crippen LogP contribution >= 0.6 is 11.6 Å². The van der Waals surface area contributed by atoms with Crippen molar-refractivity contribution in [2.75, 3.05) is 5.32 Å². The zero-order valence-electron chi connectivity index (χ0n) is 10.5. The second-order valence-corrected chi connectivity index (χ2v) is 5.48. The fourth-order valence-electron chi connectivity index (χ4n) is 2.80. The Labute approximate surface area is 112 Å². The summed E-state index contributed by atoms with van der Waals surface area (Å²) in [6, 6.07) is 6.64. The summed E-state index contributed by atoms with van der Waals surface area (Å²) < 4.78 is 0. The highest BCUT2D eigenvalue weighted by Crippen LogP contribution is 2.34. The molecule has 1 saturated carbocycles. The maximum Gasteiger partial charge on any atom is 0.0752 e. The average Bonchev–Trinajstić information content (AvgIpc) is 2.87. The number of aromatic nitrogens is 1. The van der Waals surface area contributed by atoms with Crippen LogP contribution in [-0.2, 0) is 0 Å². The van der Waals surface area contributed by atoms with Crippen LogP contribution in [0.2, 0.25) is 5.02 Å². The molecule has 1 N–H and O–H groups in total. The summed E-state index contributed by atoms with van der Waals surface area (Å²) in [6.07, 6.45) is 6.95. The molecule has 3 heteroatoms. The first-order valence-corrected chi connectivity index (χ1v) is 6.94. The highest BCUT2D eigenvalue weighted by atomic mass is 35.5. The highest BCUT2D eigenvalue weighted by molar-refractivity contribution is 6.35. The van der Waals surface area contributed by atoms with Gasteiger partial charge in [-0.1, -0.05) is 24.4 Å². The zero-order chi connectivity index (χ0) is 12.5. The van der Waals surface area contributed by atoms with Gasteiger partial charge >= 0.3 is 0 Å². The van der Waals surface area contributed by atoms with Crippen LogP contribution in [0.3, 0.4) is 0 Å². The molecule has 0 aliphatic heterocycles. The van der Waals surface area contributed by atoms with Crippen LogP contribution in [0.4, 0.5) is 5.69 Å². The third-order valence-corrected chi connectivity index (χ3v) is 4.03. The average molecular weight is 261 g/mol. The van der Waals surface area contributed by atoms with Crippen LogP contribution in [0.15, 0.2) is 24.4 Å². The van der Waals surface area contributed by atoms with Crippen molar-refractivity contribution in [3.8, 4) is 0 Å². The summed E-state index contributed by atoms with van der Waals surface area (Å²) in [7, 11) is 0. The van der Waals surface area contributed by atoms with E-state index >= 15 is 0 Å². The van der Waals surface area contributed by atoms with Gasteiger partial charge in [-0.25, -0.2) is 0 Å². The molecule has 1 aromatic carbocycles. The molecule has 0 saturated heterocycles. The first kappa shape index (κ1) is 11.8. The van der Waals surface area contributed by atoms with Gasteiger partial charge in [-0.3, -0.25) is 4.98 Å².